The summed E-state index contributed by atoms with van der Waals surface area (Å²) in [7, 11) is 4.46. The lowest BCUT2D eigenvalue weighted by Crippen LogP contribution is -2.34. The number of nitrogens with zero attached hydrogens (tertiary/aromatic N) is 2. The highest BCUT2D eigenvalue weighted by Crippen LogP contribution is 2.22. The van der Waals surface area contributed by atoms with Crippen LogP contribution >= 0.6 is 0 Å². The summed E-state index contributed by atoms with van der Waals surface area (Å²) in [5, 5.41) is 0. The molecule has 0 aromatic carbocycles. The summed E-state index contributed by atoms with van der Waals surface area (Å²) in [6, 6.07) is 0. The van der Waals surface area contributed by atoms with Gasteiger partial charge in [0.25, 0.3) is 0 Å². The normalized spacial score (nSPS) is 29.4. The van der Waals surface area contributed by atoms with E-state index >= 15 is 0 Å². The lowest BCUT2D eigenvalue weighted by Gasteiger charge is -2.31. The molecule has 0 radical (unpaired) electrons. The number of hydrogen-bond acceptors (Lipinski definition) is 2. The molecule has 0 saturated carbocycles. The van der Waals surface area contributed by atoms with Crippen molar-refractivity contribution in [1.29, 1.82) is 0 Å². The summed E-state index contributed by atoms with van der Waals surface area (Å²) in [6.45, 7) is 14.6. The fourth-order valence-electron chi connectivity index (χ4n) is 3.50. The summed E-state index contributed by atoms with van der Waals surface area (Å²) < 4.78 is 0. The van der Waals surface area contributed by atoms with E-state index in [2.05, 4.69) is 51.6 Å². The molecule has 2 heterocycles. The average molecular weight is 283 g/mol. The molecule has 2 nitrogen and oxygen atoms in total. The van der Waals surface area contributed by atoms with E-state index in [-0.39, 0.29) is 0 Å². The van der Waals surface area contributed by atoms with Crippen molar-refractivity contribution in [2.45, 2.75) is 53.4 Å². The quantitative estimate of drug-likeness (QED) is 0.756. The topological polar surface area (TPSA) is 6.48 Å². The van der Waals surface area contributed by atoms with E-state index in [1.165, 1.54) is 51.9 Å². The van der Waals surface area contributed by atoms with Crippen LogP contribution in [-0.2, 0) is 0 Å². The first-order valence-electron chi connectivity index (χ1n) is 8.77. The number of rotatable bonds is 2. The molecular weight excluding hydrogens is 244 g/mol. The van der Waals surface area contributed by atoms with Crippen LogP contribution in [0.25, 0.3) is 0 Å². The van der Waals surface area contributed by atoms with Gasteiger partial charge in [0.1, 0.15) is 0 Å². The first-order chi connectivity index (χ1) is 9.40. The predicted molar refractivity (Wildman–Crippen MR) is 90.1 cm³/mol. The molecule has 2 rings (SSSR count). The van der Waals surface area contributed by atoms with Crippen LogP contribution in [0.5, 0.6) is 0 Å². The molecule has 0 aromatic rings. The van der Waals surface area contributed by atoms with Gasteiger partial charge in [0.15, 0.2) is 0 Å². The molecule has 2 heteroatoms. The number of hydrogen-bond donors (Lipinski definition) is 0. The van der Waals surface area contributed by atoms with Gasteiger partial charge in [-0.15, -0.1) is 0 Å². The van der Waals surface area contributed by atoms with E-state index in [1.54, 1.807) is 0 Å². The summed E-state index contributed by atoms with van der Waals surface area (Å²) in [5.74, 6) is 3.67. The molecule has 2 atom stereocenters. The zero-order valence-corrected chi connectivity index (χ0v) is 14.9. The molecule has 2 aliphatic rings. The smallest absolute Gasteiger partial charge is 0.000906 e. The van der Waals surface area contributed by atoms with Crippen LogP contribution in [-0.4, -0.2) is 50.1 Å². The van der Waals surface area contributed by atoms with Gasteiger partial charge in [0.2, 0.25) is 0 Å². The van der Waals surface area contributed by atoms with Crippen LogP contribution in [0.3, 0.4) is 0 Å². The van der Waals surface area contributed by atoms with Gasteiger partial charge in [-0.2, -0.15) is 0 Å². The average Bonchev–Trinajstić information content (AvgIpc) is 2.39. The second-order valence-electron chi connectivity index (χ2n) is 7.82. The van der Waals surface area contributed by atoms with Crippen LogP contribution in [0.1, 0.15) is 53.4 Å². The zero-order chi connectivity index (χ0) is 15.1. The Morgan fingerprint density at radius 2 is 1.05 bits per heavy atom. The number of piperidine rings is 2. The largest absolute Gasteiger partial charge is 0.306 e. The lowest BCUT2D eigenvalue weighted by atomic mass is 9.88. The first kappa shape index (κ1) is 18.0. The van der Waals surface area contributed by atoms with Crippen LogP contribution in [0, 0.1) is 23.7 Å². The molecule has 20 heavy (non-hydrogen) atoms. The van der Waals surface area contributed by atoms with Crippen molar-refractivity contribution in [2.75, 3.05) is 40.3 Å². The fourth-order valence-corrected chi connectivity index (χ4v) is 3.50. The van der Waals surface area contributed by atoms with Crippen molar-refractivity contribution in [2.24, 2.45) is 23.7 Å². The maximum Gasteiger partial charge on any atom is 0.000906 e. The second-order valence-corrected chi connectivity index (χ2v) is 7.82. The van der Waals surface area contributed by atoms with Crippen molar-refractivity contribution >= 4 is 0 Å². The second kappa shape index (κ2) is 9.04. The van der Waals surface area contributed by atoms with Crippen molar-refractivity contribution < 1.29 is 0 Å². The van der Waals surface area contributed by atoms with Crippen LogP contribution < -0.4 is 0 Å². The first-order valence-corrected chi connectivity index (χ1v) is 8.77. The fraction of sp³-hybridized carbons (Fsp3) is 1.00. The van der Waals surface area contributed by atoms with Crippen molar-refractivity contribution in [3.05, 3.63) is 0 Å². The Labute approximate surface area is 127 Å². The van der Waals surface area contributed by atoms with Gasteiger partial charge in [-0.3, -0.25) is 0 Å². The van der Waals surface area contributed by atoms with Crippen LogP contribution in [0.2, 0.25) is 0 Å². The van der Waals surface area contributed by atoms with E-state index < -0.39 is 0 Å². The third-order valence-corrected chi connectivity index (χ3v) is 5.21. The Morgan fingerprint density at radius 1 is 0.700 bits per heavy atom. The Bertz CT molecular complexity index is 224. The Kier molecular flexibility index (Phi) is 8.13. The summed E-state index contributed by atoms with van der Waals surface area (Å²) in [5.41, 5.74) is 0. The van der Waals surface area contributed by atoms with Gasteiger partial charge in [0.05, 0.1) is 0 Å². The standard InChI is InChI=1S/2C9H19N/c2*1-8(2)9-5-4-6-10(3)7-9/h2*8-9H,4-7H2,1-3H3. The number of likely N-dealkylation sites (tertiary alicyclic amines) is 2. The summed E-state index contributed by atoms with van der Waals surface area (Å²) in [6.07, 6.45) is 5.70. The lowest BCUT2D eigenvalue weighted by molar-refractivity contribution is 0.173. The highest BCUT2D eigenvalue weighted by Gasteiger charge is 2.20. The Morgan fingerprint density at radius 3 is 1.25 bits per heavy atom. The van der Waals surface area contributed by atoms with Gasteiger partial charge >= 0.3 is 0 Å². The molecule has 0 spiro atoms. The third-order valence-electron chi connectivity index (χ3n) is 5.21. The third kappa shape index (κ3) is 6.58. The molecule has 2 fully saturated rings. The minimum atomic E-state index is 0.878. The molecule has 0 bridgehead atoms. The molecule has 2 aliphatic heterocycles. The molecule has 0 N–H and O–H groups in total. The van der Waals surface area contributed by atoms with E-state index in [0.717, 1.165) is 23.7 Å². The molecule has 120 valence electrons. The van der Waals surface area contributed by atoms with Crippen molar-refractivity contribution in [1.82, 2.24) is 9.80 Å². The van der Waals surface area contributed by atoms with E-state index in [0.29, 0.717) is 0 Å². The molecule has 0 aliphatic carbocycles. The van der Waals surface area contributed by atoms with Gasteiger partial charge in [-0.1, -0.05) is 27.7 Å². The monoisotopic (exact) mass is 282 g/mol. The maximum atomic E-state index is 2.45. The zero-order valence-electron chi connectivity index (χ0n) is 14.9. The molecule has 0 aromatic heterocycles. The Hall–Kier alpha value is -0.0800. The van der Waals surface area contributed by atoms with E-state index in [1.807, 2.05) is 0 Å². The van der Waals surface area contributed by atoms with Gasteiger partial charge in [-0.05, 0) is 76.5 Å². The Balaban J connectivity index is 0.000000200. The molecule has 0 amide bonds. The molecular formula is C18H38N2. The highest BCUT2D eigenvalue weighted by atomic mass is 15.1. The predicted octanol–water partition coefficient (Wildman–Crippen LogP) is 3.97. The summed E-state index contributed by atoms with van der Waals surface area (Å²) >= 11 is 0. The maximum absolute atomic E-state index is 2.45. The summed E-state index contributed by atoms with van der Waals surface area (Å²) in [4.78, 5) is 4.91. The molecule has 2 saturated heterocycles. The van der Waals surface area contributed by atoms with E-state index in [4.69, 9.17) is 0 Å². The van der Waals surface area contributed by atoms with E-state index in [9.17, 15) is 0 Å². The van der Waals surface area contributed by atoms with Crippen LogP contribution in [0.15, 0.2) is 0 Å². The molecule has 2 unspecified atom stereocenters. The SMILES string of the molecule is CC(C)C1CCCN(C)C1.CC(C)C1CCCN(C)C1. The minimum Gasteiger partial charge on any atom is -0.306 e. The van der Waals surface area contributed by atoms with Gasteiger partial charge < -0.3 is 9.80 Å². The highest BCUT2D eigenvalue weighted by molar-refractivity contribution is 4.73. The van der Waals surface area contributed by atoms with Crippen molar-refractivity contribution in [3.8, 4) is 0 Å². The van der Waals surface area contributed by atoms with Gasteiger partial charge in [-0.25, -0.2) is 0 Å². The van der Waals surface area contributed by atoms with Gasteiger partial charge in [0, 0.05) is 13.1 Å². The van der Waals surface area contributed by atoms with Crippen LogP contribution in [0.4, 0.5) is 0 Å². The van der Waals surface area contributed by atoms with Crippen molar-refractivity contribution in [3.63, 3.8) is 0 Å². The minimum absolute atomic E-state index is 0.878.